The van der Waals surface area contributed by atoms with Crippen molar-refractivity contribution in [3.8, 4) is 0 Å². The summed E-state index contributed by atoms with van der Waals surface area (Å²) in [6.45, 7) is 5.10. The molecular weight excluding hydrogens is 204 g/mol. The standard InChI is InChI=1S/C9H17O4S/c1-4-14(5-2)6-9(11)13-7-12-8(3)10/h4-7H2,1-3H3/q+1. The maximum Gasteiger partial charge on any atom is 0.359 e. The lowest BCUT2D eigenvalue weighted by Gasteiger charge is -2.05. The molecule has 0 atom stereocenters. The molecule has 0 aliphatic heterocycles. The van der Waals surface area contributed by atoms with Crippen molar-refractivity contribution >= 4 is 22.8 Å². The van der Waals surface area contributed by atoms with Gasteiger partial charge in [-0.05, 0) is 24.7 Å². The summed E-state index contributed by atoms with van der Waals surface area (Å²) in [7, 11) is 0.102. The van der Waals surface area contributed by atoms with Gasteiger partial charge in [-0.2, -0.15) is 0 Å². The van der Waals surface area contributed by atoms with Crippen LogP contribution in [-0.2, 0) is 30.0 Å². The zero-order chi connectivity index (χ0) is 11.0. The highest BCUT2D eigenvalue weighted by Crippen LogP contribution is 1.97. The minimum absolute atomic E-state index is 0.102. The van der Waals surface area contributed by atoms with Crippen molar-refractivity contribution in [2.45, 2.75) is 20.8 Å². The molecule has 5 heteroatoms. The fraction of sp³-hybridized carbons (Fsp3) is 0.778. The van der Waals surface area contributed by atoms with Gasteiger partial charge in [0.2, 0.25) is 12.5 Å². The molecule has 0 aliphatic carbocycles. The van der Waals surface area contributed by atoms with Gasteiger partial charge in [0.05, 0.1) is 0 Å². The molecule has 0 aliphatic rings. The van der Waals surface area contributed by atoms with Crippen molar-refractivity contribution in [2.75, 3.05) is 24.1 Å². The fourth-order valence-electron chi connectivity index (χ4n) is 0.795. The molecule has 0 unspecified atom stereocenters. The summed E-state index contributed by atoms with van der Waals surface area (Å²) in [5.41, 5.74) is 0. The van der Waals surface area contributed by atoms with Crippen molar-refractivity contribution < 1.29 is 19.1 Å². The van der Waals surface area contributed by atoms with E-state index < -0.39 is 5.97 Å². The van der Waals surface area contributed by atoms with Crippen LogP contribution in [0.1, 0.15) is 20.8 Å². The Morgan fingerprint density at radius 3 is 2.14 bits per heavy atom. The van der Waals surface area contributed by atoms with Crippen LogP contribution in [0, 0.1) is 0 Å². The van der Waals surface area contributed by atoms with Gasteiger partial charge >= 0.3 is 11.9 Å². The molecule has 0 saturated heterocycles. The third-order valence-electron chi connectivity index (χ3n) is 1.62. The summed E-state index contributed by atoms with van der Waals surface area (Å²) in [5, 5.41) is 0. The van der Waals surface area contributed by atoms with Crippen LogP contribution in [-0.4, -0.2) is 36.0 Å². The van der Waals surface area contributed by atoms with Gasteiger partial charge in [-0.15, -0.1) is 0 Å². The SMILES string of the molecule is CC[S+](CC)CC(=O)OCOC(C)=O. The third kappa shape index (κ3) is 6.77. The van der Waals surface area contributed by atoms with Gasteiger partial charge in [0.15, 0.2) is 0 Å². The van der Waals surface area contributed by atoms with E-state index in [4.69, 9.17) is 4.74 Å². The summed E-state index contributed by atoms with van der Waals surface area (Å²) in [6.07, 6.45) is 0. The van der Waals surface area contributed by atoms with Gasteiger partial charge in [0, 0.05) is 6.92 Å². The average molecular weight is 221 g/mol. The molecule has 0 aromatic rings. The zero-order valence-electron chi connectivity index (χ0n) is 8.87. The molecule has 0 rings (SSSR count). The van der Waals surface area contributed by atoms with E-state index in [0.717, 1.165) is 11.5 Å². The first-order valence-electron chi connectivity index (χ1n) is 4.53. The maximum atomic E-state index is 11.1. The van der Waals surface area contributed by atoms with Crippen molar-refractivity contribution in [1.29, 1.82) is 0 Å². The van der Waals surface area contributed by atoms with Crippen LogP contribution in [0.2, 0.25) is 0 Å². The number of ether oxygens (including phenoxy) is 2. The Bertz CT molecular complexity index is 189. The van der Waals surface area contributed by atoms with Gasteiger partial charge in [-0.25, -0.2) is 4.79 Å². The van der Waals surface area contributed by atoms with Crippen LogP contribution in [0.3, 0.4) is 0 Å². The fourth-order valence-corrected chi connectivity index (χ4v) is 2.03. The largest absolute Gasteiger partial charge is 0.428 e. The minimum Gasteiger partial charge on any atom is -0.428 e. The van der Waals surface area contributed by atoms with E-state index in [-0.39, 0.29) is 23.7 Å². The lowest BCUT2D eigenvalue weighted by atomic mass is 10.8. The van der Waals surface area contributed by atoms with Crippen LogP contribution in [0.4, 0.5) is 0 Å². The molecular formula is C9H17O4S+. The van der Waals surface area contributed by atoms with Gasteiger partial charge < -0.3 is 9.47 Å². The summed E-state index contributed by atoms with van der Waals surface area (Å²) in [6, 6.07) is 0. The number of rotatable bonds is 6. The Labute approximate surface area is 87.3 Å². The van der Waals surface area contributed by atoms with Crippen LogP contribution >= 0.6 is 0 Å². The van der Waals surface area contributed by atoms with E-state index in [0.29, 0.717) is 5.75 Å². The first-order valence-corrected chi connectivity index (χ1v) is 6.26. The van der Waals surface area contributed by atoms with E-state index in [9.17, 15) is 9.59 Å². The van der Waals surface area contributed by atoms with Crippen LogP contribution in [0.5, 0.6) is 0 Å². The van der Waals surface area contributed by atoms with Crippen molar-refractivity contribution in [1.82, 2.24) is 0 Å². The lowest BCUT2D eigenvalue weighted by molar-refractivity contribution is -0.163. The second-order valence-electron chi connectivity index (χ2n) is 2.60. The van der Waals surface area contributed by atoms with E-state index in [1.165, 1.54) is 6.92 Å². The van der Waals surface area contributed by atoms with E-state index in [1.807, 2.05) is 13.8 Å². The van der Waals surface area contributed by atoms with E-state index in [2.05, 4.69) is 4.74 Å². The second-order valence-corrected chi connectivity index (χ2v) is 5.27. The molecule has 14 heavy (non-hydrogen) atoms. The number of esters is 2. The second kappa shape index (κ2) is 7.67. The molecule has 4 nitrogen and oxygen atoms in total. The van der Waals surface area contributed by atoms with E-state index in [1.54, 1.807) is 0 Å². The number of carbonyl (C=O) groups excluding carboxylic acids is 2. The predicted octanol–water partition coefficient (Wildman–Crippen LogP) is 0.708. The molecule has 0 bridgehead atoms. The molecule has 0 N–H and O–H groups in total. The van der Waals surface area contributed by atoms with Gasteiger partial charge in [-0.1, -0.05) is 0 Å². The highest BCUT2D eigenvalue weighted by atomic mass is 32.2. The van der Waals surface area contributed by atoms with Gasteiger partial charge in [0.1, 0.15) is 11.5 Å². The molecule has 0 aromatic carbocycles. The van der Waals surface area contributed by atoms with Crippen LogP contribution in [0.15, 0.2) is 0 Å². The third-order valence-corrected chi connectivity index (χ3v) is 3.90. The molecule has 0 fully saturated rings. The van der Waals surface area contributed by atoms with Crippen molar-refractivity contribution in [3.05, 3.63) is 0 Å². The van der Waals surface area contributed by atoms with Gasteiger partial charge in [-0.3, -0.25) is 4.79 Å². The van der Waals surface area contributed by atoms with Crippen molar-refractivity contribution in [2.24, 2.45) is 0 Å². The molecule has 0 radical (unpaired) electrons. The molecule has 0 saturated carbocycles. The molecule has 0 aromatic heterocycles. The molecule has 0 amide bonds. The first kappa shape index (κ1) is 13.3. The Morgan fingerprint density at radius 1 is 1.14 bits per heavy atom. The molecule has 0 heterocycles. The van der Waals surface area contributed by atoms with Crippen molar-refractivity contribution in [3.63, 3.8) is 0 Å². The number of carbonyl (C=O) groups is 2. The minimum atomic E-state index is -0.442. The summed E-state index contributed by atoms with van der Waals surface area (Å²) in [5.74, 6) is 1.66. The Balaban J connectivity index is 3.59. The van der Waals surface area contributed by atoms with Gasteiger partial charge in [0.25, 0.3) is 0 Å². The quantitative estimate of drug-likeness (QED) is 0.376. The Hall–Kier alpha value is -0.710. The summed E-state index contributed by atoms with van der Waals surface area (Å²) >= 11 is 0. The number of hydrogen-bond acceptors (Lipinski definition) is 4. The zero-order valence-corrected chi connectivity index (χ0v) is 9.69. The van der Waals surface area contributed by atoms with E-state index >= 15 is 0 Å². The lowest BCUT2D eigenvalue weighted by Crippen LogP contribution is -2.23. The molecule has 0 spiro atoms. The monoisotopic (exact) mass is 221 g/mol. The smallest absolute Gasteiger partial charge is 0.359 e. The van der Waals surface area contributed by atoms with Crippen LogP contribution < -0.4 is 0 Å². The average Bonchev–Trinajstić information content (AvgIpc) is 2.13. The highest BCUT2D eigenvalue weighted by Gasteiger charge is 2.19. The molecule has 82 valence electrons. The normalized spacial score (nSPS) is 10.0. The maximum absolute atomic E-state index is 11.1. The predicted molar refractivity (Wildman–Crippen MR) is 56.0 cm³/mol. The first-order chi connectivity index (χ1) is 6.60. The Kier molecular flexibility index (Phi) is 7.28. The summed E-state index contributed by atoms with van der Waals surface area (Å²) < 4.78 is 9.19. The number of hydrogen-bond donors (Lipinski definition) is 0. The van der Waals surface area contributed by atoms with Crippen LogP contribution in [0.25, 0.3) is 0 Å². The Morgan fingerprint density at radius 2 is 1.71 bits per heavy atom. The highest BCUT2D eigenvalue weighted by molar-refractivity contribution is 7.97. The summed E-state index contributed by atoms with van der Waals surface area (Å²) in [4.78, 5) is 21.5. The topological polar surface area (TPSA) is 52.6 Å².